The fourth-order valence-electron chi connectivity index (χ4n) is 2.80. The Morgan fingerprint density at radius 1 is 1.41 bits per heavy atom. The lowest BCUT2D eigenvalue weighted by molar-refractivity contribution is 0.0726. The van der Waals surface area contributed by atoms with Gasteiger partial charge in [-0.1, -0.05) is 0 Å². The van der Waals surface area contributed by atoms with E-state index in [9.17, 15) is 9.59 Å². The molecule has 3 rings (SSSR count). The highest BCUT2D eigenvalue weighted by Gasteiger charge is 2.30. The Labute approximate surface area is 132 Å². The Morgan fingerprint density at radius 2 is 2.18 bits per heavy atom. The SMILES string of the molecule is Cc1cnn(CC2CCCN2C(=O)c2ccc(C(N)=O)s2)c1. The van der Waals surface area contributed by atoms with Crippen molar-refractivity contribution in [2.45, 2.75) is 32.4 Å². The molecule has 2 aromatic rings. The van der Waals surface area contributed by atoms with Crippen LogP contribution in [-0.4, -0.2) is 39.1 Å². The van der Waals surface area contributed by atoms with Gasteiger partial charge in [0.2, 0.25) is 0 Å². The quantitative estimate of drug-likeness (QED) is 0.931. The maximum Gasteiger partial charge on any atom is 0.264 e. The van der Waals surface area contributed by atoms with Crippen LogP contribution in [0.4, 0.5) is 0 Å². The fraction of sp³-hybridized carbons (Fsp3) is 0.400. The van der Waals surface area contributed by atoms with Gasteiger partial charge in [0.05, 0.1) is 28.5 Å². The van der Waals surface area contributed by atoms with Crippen molar-refractivity contribution in [1.29, 1.82) is 0 Å². The second kappa shape index (κ2) is 5.92. The largest absolute Gasteiger partial charge is 0.365 e. The zero-order chi connectivity index (χ0) is 15.7. The normalized spacial score (nSPS) is 17.9. The van der Waals surface area contributed by atoms with Gasteiger partial charge in [0.1, 0.15) is 0 Å². The summed E-state index contributed by atoms with van der Waals surface area (Å²) in [6, 6.07) is 3.44. The summed E-state index contributed by atoms with van der Waals surface area (Å²) < 4.78 is 1.88. The minimum Gasteiger partial charge on any atom is -0.365 e. The molecule has 0 saturated carbocycles. The zero-order valence-corrected chi connectivity index (χ0v) is 13.2. The first-order chi connectivity index (χ1) is 10.5. The third-order valence-corrected chi connectivity index (χ3v) is 4.95. The number of hydrogen-bond donors (Lipinski definition) is 1. The lowest BCUT2D eigenvalue weighted by Crippen LogP contribution is -2.37. The zero-order valence-electron chi connectivity index (χ0n) is 12.4. The van der Waals surface area contributed by atoms with Crippen molar-refractivity contribution in [2.24, 2.45) is 5.73 Å². The van der Waals surface area contributed by atoms with E-state index in [-0.39, 0.29) is 11.9 Å². The molecule has 3 heterocycles. The number of likely N-dealkylation sites (tertiary alicyclic amines) is 1. The monoisotopic (exact) mass is 318 g/mol. The van der Waals surface area contributed by atoms with Crippen LogP contribution in [0.15, 0.2) is 24.5 Å². The molecule has 1 aliphatic heterocycles. The molecule has 0 spiro atoms. The number of nitrogens with two attached hydrogens (primary N) is 1. The number of amides is 2. The van der Waals surface area contributed by atoms with E-state index < -0.39 is 5.91 Å². The lowest BCUT2D eigenvalue weighted by Gasteiger charge is -2.24. The molecule has 7 heteroatoms. The van der Waals surface area contributed by atoms with Crippen molar-refractivity contribution >= 4 is 23.2 Å². The average molecular weight is 318 g/mol. The number of carbonyl (C=O) groups is 2. The number of rotatable bonds is 4. The van der Waals surface area contributed by atoms with E-state index in [0.717, 1.165) is 36.3 Å². The van der Waals surface area contributed by atoms with Crippen LogP contribution >= 0.6 is 11.3 Å². The Bertz CT molecular complexity index is 706. The Balaban J connectivity index is 1.74. The van der Waals surface area contributed by atoms with Crippen molar-refractivity contribution in [3.05, 3.63) is 39.8 Å². The molecule has 1 atom stereocenters. The summed E-state index contributed by atoms with van der Waals surface area (Å²) in [7, 11) is 0. The number of nitrogens with zero attached hydrogens (tertiary/aromatic N) is 3. The molecule has 116 valence electrons. The highest BCUT2D eigenvalue weighted by molar-refractivity contribution is 7.15. The van der Waals surface area contributed by atoms with Gasteiger partial charge in [-0.2, -0.15) is 5.10 Å². The number of aromatic nitrogens is 2. The van der Waals surface area contributed by atoms with Crippen LogP contribution in [0.3, 0.4) is 0 Å². The predicted octanol–water partition coefficient (Wildman–Crippen LogP) is 1.66. The molecular weight excluding hydrogens is 300 g/mol. The first-order valence-electron chi connectivity index (χ1n) is 7.24. The summed E-state index contributed by atoms with van der Waals surface area (Å²) in [4.78, 5) is 26.7. The van der Waals surface area contributed by atoms with Crippen molar-refractivity contribution in [2.75, 3.05) is 6.54 Å². The second-order valence-electron chi connectivity index (χ2n) is 5.56. The van der Waals surface area contributed by atoms with Gasteiger partial charge in [-0.05, 0) is 37.5 Å². The molecule has 2 N–H and O–H groups in total. The minimum atomic E-state index is -0.492. The Hall–Kier alpha value is -2.15. The Morgan fingerprint density at radius 3 is 2.82 bits per heavy atom. The molecule has 0 radical (unpaired) electrons. The van der Waals surface area contributed by atoms with Crippen LogP contribution in [0, 0.1) is 6.92 Å². The summed E-state index contributed by atoms with van der Waals surface area (Å²) in [6.07, 6.45) is 5.76. The summed E-state index contributed by atoms with van der Waals surface area (Å²) >= 11 is 1.16. The minimum absolute atomic E-state index is 0.0242. The molecule has 1 aliphatic rings. The van der Waals surface area contributed by atoms with Crippen molar-refractivity contribution in [3.63, 3.8) is 0 Å². The van der Waals surface area contributed by atoms with Crippen LogP contribution in [0.2, 0.25) is 0 Å². The van der Waals surface area contributed by atoms with E-state index in [1.54, 1.807) is 12.1 Å². The van der Waals surface area contributed by atoms with Crippen molar-refractivity contribution in [3.8, 4) is 0 Å². The van der Waals surface area contributed by atoms with Crippen molar-refractivity contribution in [1.82, 2.24) is 14.7 Å². The van der Waals surface area contributed by atoms with Crippen LogP contribution in [-0.2, 0) is 6.54 Å². The topological polar surface area (TPSA) is 81.2 Å². The van der Waals surface area contributed by atoms with Crippen LogP contribution in [0.25, 0.3) is 0 Å². The summed E-state index contributed by atoms with van der Waals surface area (Å²) in [5, 5.41) is 4.29. The molecule has 0 bridgehead atoms. The van der Waals surface area contributed by atoms with E-state index in [2.05, 4.69) is 5.10 Å². The van der Waals surface area contributed by atoms with E-state index in [1.165, 1.54) is 0 Å². The fourth-order valence-corrected chi connectivity index (χ4v) is 3.62. The van der Waals surface area contributed by atoms with E-state index in [4.69, 9.17) is 5.73 Å². The van der Waals surface area contributed by atoms with Crippen LogP contribution < -0.4 is 5.73 Å². The number of primary amides is 1. The predicted molar refractivity (Wildman–Crippen MR) is 83.9 cm³/mol. The maximum atomic E-state index is 12.6. The summed E-state index contributed by atoms with van der Waals surface area (Å²) in [6.45, 7) is 3.44. The Kier molecular flexibility index (Phi) is 3.98. The second-order valence-corrected chi connectivity index (χ2v) is 6.65. The van der Waals surface area contributed by atoms with Gasteiger partial charge in [-0.25, -0.2) is 0 Å². The average Bonchev–Trinajstić information content (AvgIpc) is 3.19. The van der Waals surface area contributed by atoms with E-state index in [0.29, 0.717) is 16.3 Å². The van der Waals surface area contributed by atoms with Gasteiger partial charge in [-0.15, -0.1) is 11.3 Å². The molecule has 6 nitrogen and oxygen atoms in total. The molecule has 1 unspecified atom stereocenters. The molecule has 2 amide bonds. The first-order valence-corrected chi connectivity index (χ1v) is 8.06. The van der Waals surface area contributed by atoms with Gasteiger partial charge < -0.3 is 10.6 Å². The summed E-state index contributed by atoms with van der Waals surface area (Å²) in [5.74, 6) is -0.516. The van der Waals surface area contributed by atoms with Crippen LogP contribution in [0.5, 0.6) is 0 Å². The van der Waals surface area contributed by atoms with Gasteiger partial charge in [0.25, 0.3) is 11.8 Å². The van der Waals surface area contributed by atoms with Gasteiger partial charge in [0.15, 0.2) is 0 Å². The van der Waals surface area contributed by atoms with Gasteiger partial charge in [0, 0.05) is 12.7 Å². The third kappa shape index (κ3) is 2.89. The maximum absolute atomic E-state index is 12.6. The highest BCUT2D eigenvalue weighted by Crippen LogP contribution is 2.25. The molecular formula is C15H18N4O2S. The van der Waals surface area contributed by atoms with Crippen LogP contribution in [0.1, 0.15) is 37.7 Å². The smallest absolute Gasteiger partial charge is 0.264 e. The van der Waals surface area contributed by atoms with Gasteiger partial charge >= 0.3 is 0 Å². The molecule has 2 aromatic heterocycles. The number of hydrogen-bond acceptors (Lipinski definition) is 4. The van der Waals surface area contributed by atoms with Crippen molar-refractivity contribution < 1.29 is 9.59 Å². The first kappa shape index (κ1) is 14.8. The van der Waals surface area contributed by atoms with Gasteiger partial charge in [-0.3, -0.25) is 14.3 Å². The molecule has 0 aliphatic carbocycles. The number of carbonyl (C=O) groups excluding carboxylic acids is 2. The standard InChI is InChI=1S/C15H18N4O2S/c1-10-7-17-18(8-10)9-11-3-2-6-19(11)15(21)13-5-4-12(22-13)14(16)20/h4-5,7-8,11H,2-3,6,9H2,1H3,(H2,16,20). The number of aryl methyl sites for hydroxylation is 1. The molecule has 1 fully saturated rings. The highest BCUT2D eigenvalue weighted by atomic mass is 32.1. The lowest BCUT2D eigenvalue weighted by atomic mass is 10.2. The molecule has 1 saturated heterocycles. The van der Waals surface area contributed by atoms with E-state index >= 15 is 0 Å². The molecule has 22 heavy (non-hydrogen) atoms. The van der Waals surface area contributed by atoms with E-state index in [1.807, 2.05) is 28.9 Å². The molecule has 0 aromatic carbocycles. The third-order valence-electron chi connectivity index (χ3n) is 3.86. The summed E-state index contributed by atoms with van der Waals surface area (Å²) in [5.41, 5.74) is 6.36. The number of thiophene rings is 1.